The quantitative estimate of drug-likeness (QED) is 0.685. The Hall–Kier alpha value is -2.77. The standard InChI is InChI=1S/C18H14ClN3O3S/c19-12-3-5-13(6-4-12)21-16(23)10-25-14-7-1-11(2-8-14)9-15-17(24)22-18(20)26-15/h1-9H,10H2,(H,21,23)(H2,20,22,24)/b15-9-. The van der Waals surface area contributed by atoms with Gasteiger partial charge in [-0.05, 0) is 59.8 Å². The number of amidine groups is 1. The van der Waals surface area contributed by atoms with Crippen LogP contribution in [0.5, 0.6) is 5.75 Å². The Morgan fingerprint density at radius 2 is 1.88 bits per heavy atom. The number of ether oxygens (including phenoxy) is 1. The maximum atomic E-state index is 11.9. The Labute approximate surface area is 159 Å². The number of hydrogen-bond acceptors (Lipinski definition) is 5. The third-order valence-corrected chi connectivity index (χ3v) is 4.42. The zero-order chi connectivity index (χ0) is 18.5. The number of carbonyl (C=O) groups is 2. The molecule has 0 spiro atoms. The van der Waals surface area contributed by atoms with Gasteiger partial charge in [-0.25, -0.2) is 0 Å². The summed E-state index contributed by atoms with van der Waals surface area (Å²) >= 11 is 6.88. The van der Waals surface area contributed by atoms with Crippen LogP contribution in [0, 0.1) is 5.41 Å². The van der Waals surface area contributed by atoms with Crippen LogP contribution in [0.2, 0.25) is 5.02 Å². The molecule has 0 aliphatic carbocycles. The van der Waals surface area contributed by atoms with Gasteiger partial charge >= 0.3 is 0 Å². The molecule has 1 aliphatic heterocycles. The molecule has 6 nitrogen and oxygen atoms in total. The second-order valence-electron chi connectivity index (χ2n) is 5.31. The van der Waals surface area contributed by atoms with E-state index in [2.05, 4.69) is 10.6 Å². The summed E-state index contributed by atoms with van der Waals surface area (Å²) in [5.41, 5.74) is 1.44. The second kappa shape index (κ2) is 8.07. The summed E-state index contributed by atoms with van der Waals surface area (Å²) in [5, 5.41) is 13.3. The number of thioether (sulfide) groups is 1. The van der Waals surface area contributed by atoms with E-state index in [0.717, 1.165) is 17.3 Å². The third-order valence-electron chi connectivity index (χ3n) is 3.34. The molecular weight excluding hydrogens is 374 g/mol. The summed E-state index contributed by atoms with van der Waals surface area (Å²) in [4.78, 5) is 23.9. The highest BCUT2D eigenvalue weighted by Crippen LogP contribution is 2.25. The largest absolute Gasteiger partial charge is 0.484 e. The number of amides is 2. The maximum absolute atomic E-state index is 11.9. The average Bonchev–Trinajstić information content (AvgIpc) is 2.93. The molecule has 1 heterocycles. The molecule has 0 saturated carbocycles. The SMILES string of the molecule is N=C1NC(=O)/C(=C/c2ccc(OCC(=O)Nc3ccc(Cl)cc3)cc2)S1. The Morgan fingerprint density at radius 3 is 2.50 bits per heavy atom. The van der Waals surface area contributed by atoms with Crippen molar-refractivity contribution in [3.63, 3.8) is 0 Å². The lowest BCUT2D eigenvalue weighted by Crippen LogP contribution is -2.20. The highest BCUT2D eigenvalue weighted by Gasteiger charge is 2.21. The molecule has 0 aromatic heterocycles. The molecule has 1 saturated heterocycles. The number of halogens is 1. The first-order valence-electron chi connectivity index (χ1n) is 7.57. The fraction of sp³-hybridized carbons (Fsp3) is 0.0556. The lowest BCUT2D eigenvalue weighted by molar-refractivity contribution is -0.118. The van der Waals surface area contributed by atoms with Crippen LogP contribution >= 0.6 is 23.4 Å². The molecule has 2 aromatic carbocycles. The van der Waals surface area contributed by atoms with E-state index in [9.17, 15) is 9.59 Å². The number of anilines is 1. The maximum Gasteiger partial charge on any atom is 0.264 e. The first-order valence-corrected chi connectivity index (χ1v) is 8.77. The molecule has 2 amide bonds. The van der Waals surface area contributed by atoms with E-state index in [-0.39, 0.29) is 23.6 Å². The van der Waals surface area contributed by atoms with Gasteiger partial charge in [-0.1, -0.05) is 23.7 Å². The number of benzene rings is 2. The summed E-state index contributed by atoms with van der Waals surface area (Å²) < 4.78 is 5.45. The van der Waals surface area contributed by atoms with E-state index in [1.165, 1.54) is 0 Å². The van der Waals surface area contributed by atoms with Gasteiger partial charge in [0.1, 0.15) is 5.75 Å². The van der Waals surface area contributed by atoms with Gasteiger partial charge in [0.25, 0.3) is 11.8 Å². The van der Waals surface area contributed by atoms with Crippen LogP contribution in [-0.2, 0) is 9.59 Å². The van der Waals surface area contributed by atoms with Crippen molar-refractivity contribution >= 4 is 52.1 Å². The second-order valence-corrected chi connectivity index (χ2v) is 6.80. The van der Waals surface area contributed by atoms with Crippen molar-refractivity contribution < 1.29 is 14.3 Å². The summed E-state index contributed by atoms with van der Waals surface area (Å²) in [7, 11) is 0. The highest BCUT2D eigenvalue weighted by molar-refractivity contribution is 8.18. The lowest BCUT2D eigenvalue weighted by Gasteiger charge is -2.08. The Balaban J connectivity index is 1.53. The van der Waals surface area contributed by atoms with Crippen molar-refractivity contribution in [3.05, 3.63) is 64.0 Å². The van der Waals surface area contributed by atoms with Gasteiger partial charge in [-0.3, -0.25) is 15.0 Å². The van der Waals surface area contributed by atoms with Crippen LogP contribution in [0.15, 0.2) is 53.4 Å². The number of nitrogens with one attached hydrogen (secondary N) is 3. The fourth-order valence-electron chi connectivity index (χ4n) is 2.13. The molecule has 2 aromatic rings. The van der Waals surface area contributed by atoms with Gasteiger partial charge in [-0.15, -0.1) is 0 Å². The average molecular weight is 388 g/mol. The fourth-order valence-corrected chi connectivity index (χ4v) is 2.96. The van der Waals surface area contributed by atoms with Gasteiger partial charge in [0, 0.05) is 10.7 Å². The minimum Gasteiger partial charge on any atom is -0.484 e. The smallest absolute Gasteiger partial charge is 0.264 e. The minimum absolute atomic E-state index is 0.118. The molecule has 0 unspecified atom stereocenters. The van der Waals surface area contributed by atoms with Gasteiger partial charge in [0.05, 0.1) is 4.91 Å². The summed E-state index contributed by atoms with van der Waals surface area (Å²) in [6, 6.07) is 13.8. The van der Waals surface area contributed by atoms with Crippen LogP contribution in [0.4, 0.5) is 5.69 Å². The van der Waals surface area contributed by atoms with Gasteiger partial charge in [0.15, 0.2) is 11.8 Å². The van der Waals surface area contributed by atoms with Crippen LogP contribution < -0.4 is 15.4 Å². The van der Waals surface area contributed by atoms with Crippen molar-refractivity contribution in [1.82, 2.24) is 5.32 Å². The zero-order valence-electron chi connectivity index (χ0n) is 13.4. The van der Waals surface area contributed by atoms with Gasteiger partial charge in [-0.2, -0.15) is 0 Å². The van der Waals surface area contributed by atoms with Crippen LogP contribution in [0.25, 0.3) is 6.08 Å². The van der Waals surface area contributed by atoms with E-state index in [4.69, 9.17) is 21.7 Å². The van der Waals surface area contributed by atoms with Crippen molar-refractivity contribution in [3.8, 4) is 5.75 Å². The number of carbonyl (C=O) groups excluding carboxylic acids is 2. The third kappa shape index (κ3) is 4.87. The van der Waals surface area contributed by atoms with Crippen LogP contribution in [-0.4, -0.2) is 23.6 Å². The Kier molecular flexibility index (Phi) is 5.60. The molecule has 8 heteroatoms. The van der Waals surface area contributed by atoms with Crippen LogP contribution in [0.3, 0.4) is 0 Å². The van der Waals surface area contributed by atoms with Crippen molar-refractivity contribution in [2.75, 3.05) is 11.9 Å². The molecule has 132 valence electrons. The Bertz CT molecular complexity index is 880. The number of rotatable bonds is 5. The monoisotopic (exact) mass is 387 g/mol. The van der Waals surface area contributed by atoms with Crippen LogP contribution in [0.1, 0.15) is 5.56 Å². The molecule has 0 bridgehead atoms. The van der Waals surface area contributed by atoms with E-state index in [1.54, 1.807) is 54.6 Å². The molecule has 0 radical (unpaired) electrons. The summed E-state index contributed by atoms with van der Waals surface area (Å²) in [6.07, 6.45) is 1.69. The minimum atomic E-state index is -0.281. The molecule has 1 aliphatic rings. The topological polar surface area (TPSA) is 91.3 Å². The zero-order valence-corrected chi connectivity index (χ0v) is 15.0. The molecule has 3 N–H and O–H groups in total. The number of hydrogen-bond donors (Lipinski definition) is 3. The van der Waals surface area contributed by atoms with Gasteiger partial charge in [0.2, 0.25) is 0 Å². The summed E-state index contributed by atoms with van der Waals surface area (Å²) in [5.74, 6) is -0.0232. The molecule has 3 rings (SSSR count). The summed E-state index contributed by atoms with van der Waals surface area (Å²) in [6.45, 7) is -0.127. The Morgan fingerprint density at radius 1 is 1.19 bits per heavy atom. The van der Waals surface area contributed by atoms with Crippen molar-refractivity contribution in [1.29, 1.82) is 5.41 Å². The highest BCUT2D eigenvalue weighted by atomic mass is 35.5. The normalized spacial score (nSPS) is 15.0. The van der Waals surface area contributed by atoms with E-state index < -0.39 is 0 Å². The molecule has 26 heavy (non-hydrogen) atoms. The van der Waals surface area contributed by atoms with Gasteiger partial charge < -0.3 is 15.4 Å². The van der Waals surface area contributed by atoms with E-state index in [1.807, 2.05) is 0 Å². The predicted molar refractivity (Wildman–Crippen MR) is 103 cm³/mol. The first-order chi connectivity index (χ1) is 12.5. The predicted octanol–water partition coefficient (Wildman–Crippen LogP) is 3.50. The van der Waals surface area contributed by atoms with Crippen molar-refractivity contribution in [2.45, 2.75) is 0 Å². The lowest BCUT2D eigenvalue weighted by atomic mass is 10.2. The molecular formula is C18H14ClN3O3S. The first kappa shape index (κ1) is 18.0. The van der Waals surface area contributed by atoms with E-state index in [0.29, 0.717) is 21.4 Å². The van der Waals surface area contributed by atoms with E-state index >= 15 is 0 Å². The van der Waals surface area contributed by atoms with Crippen molar-refractivity contribution in [2.24, 2.45) is 0 Å². The molecule has 1 fully saturated rings. The molecule has 0 atom stereocenters.